The molecule has 4 aromatic rings. The Labute approximate surface area is 211 Å². The lowest BCUT2D eigenvalue weighted by molar-refractivity contribution is 0.0950. The number of aromatic nitrogens is 1. The summed E-state index contributed by atoms with van der Waals surface area (Å²) < 4.78 is 12.5. The van der Waals surface area contributed by atoms with Gasteiger partial charge >= 0.3 is 0 Å². The zero-order chi connectivity index (χ0) is 25.0. The zero-order valence-corrected chi connectivity index (χ0v) is 22.1. The molecule has 0 atom stereocenters. The molecule has 0 bridgehead atoms. The number of thioether (sulfide) groups is 1. The lowest BCUT2D eigenvalue weighted by Crippen LogP contribution is -2.23. The van der Waals surface area contributed by atoms with Gasteiger partial charge in [-0.25, -0.2) is 0 Å². The van der Waals surface area contributed by atoms with Gasteiger partial charge in [-0.2, -0.15) is 0 Å². The van der Waals surface area contributed by atoms with E-state index in [4.69, 9.17) is 0 Å². The van der Waals surface area contributed by atoms with Crippen molar-refractivity contribution in [2.45, 2.75) is 18.4 Å². The van der Waals surface area contributed by atoms with Crippen molar-refractivity contribution in [3.63, 3.8) is 0 Å². The van der Waals surface area contributed by atoms with E-state index >= 15 is 0 Å². The van der Waals surface area contributed by atoms with Gasteiger partial charge in [-0.05, 0) is 90.7 Å². The molecule has 0 aliphatic rings. The maximum Gasteiger partial charge on any atom is 0.251 e. The number of pyridine rings is 1. The molecule has 0 radical (unpaired) electrons. The normalized spacial score (nSPS) is 11.3. The largest absolute Gasteiger partial charge is 0.346 e. The van der Waals surface area contributed by atoms with Crippen LogP contribution < -0.4 is 10.6 Å². The third kappa shape index (κ3) is 6.11. The van der Waals surface area contributed by atoms with Gasteiger partial charge in [0, 0.05) is 22.0 Å². The van der Waals surface area contributed by atoms with Crippen LogP contribution in [-0.4, -0.2) is 30.5 Å². The van der Waals surface area contributed by atoms with E-state index in [2.05, 4.69) is 28.5 Å². The van der Waals surface area contributed by atoms with Crippen molar-refractivity contribution in [3.05, 3.63) is 102 Å². The maximum atomic E-state index is 12.7. The summed E-state index contributed by atoms with van der Waals surface area (Å²) in [6, 6.07) is 25.9. The van der Waals surface area contributed by atoms with Gasteiger partial charge in [0.25, 0.3) is 5.91 Å². The van der Waals surface area contributed by atoms with Gasteiger partial charge in [0.1, 0.15) is 7.14 Å². The second-order valence-electron chi connectivity index (χ2n) is 8.88. The maximum absolute atomic E-state index is 12.7. The first kappa shape index (κ1) is 25.0. The number of nitrogens with zero attached hydrogens (tertiary/aromatic N) is 1. The minimum Gasteiger partial charge on any atom is -0.346 e. The molecule has 1 heterocycles. The minimum absolute atomic E-state index is 0.112. The number of nitrogens with one attached hydrogen (secondary N) is 1. The van der Waals surface area contributed by atoms with Gasteiger partial charge in [-0.1, -0.05) is 42.5 Å². The molecule has 1 amide bonds. The van der Waals surface area contributed by atoms with Crippen molar-refractivity contribution in [1.82, 2.24) is 10.3 Å². The van der Waals surface area contributed by atoms with E-state index < -0.39 is 7.14 Å². The van der Waals surface area contributed by atoms with Crippen molar-refractivity contribution in [3.8, 4) is 22.3 Å². The van der Waals surface area contributed by atoms with Crippen LogP contribution in [0.25, 0.3) is 22.3 Å². The number of carbonyl (C=O) groups excluding carboxylic acids is 1. The number of hydrogen-bond acceptors (Lipinski definition) is 4. The van der Waals surface area contributed by atoms with Gasteiger partial charge < -0.3 is 9.88 Å². The Bertz CT molecular complexity index is 1430. The summed E-state index contributed by atoms with van der Waals surface area (Å²) in [7, 11) is -2.33. The Morgan fingerprint density at radius 2 is 1.54 bits per heavy atom. The van der Waals surface area contributed by atoms with Crippen LogP contribution in [0.3, 0.4) is 0 Å². The predicted octanol–water partition coefficient (Wildman–Crippen LogP) is 6.62. The second-order valence-corrected chi connectivity index (χ2v) is 13.0. The smallest absolute Gasteiger partial charge is 0.251 e. The molecule has 1 aromatic heterocycles. The number of amides is 1. The molecule has 0 aliphatic carbocycles. The van der Waals surface area contributed by atoms with Crippen LogP contribution >= 0.6 is 18.9 Å². The minimum atomic E-state index is -2.33. The number of benzene rings is 3. The van der Waals surface area contributed by atoms with E-state index in [-0.39, 0.29) is 5.91 Å². The molecule has 4 nitrogen and oxygen atoms in total. The van der Waals surface area contributed by atoms with Gasteiger partial charge in [-0.15, -0.1) is 11.8 Å². The number of hydrogen-bond donors (Lipinski definition) is 1. The van der Waals surface area contributed by atoms with Crippen molar-refractivity contribution >= 4 is 30.1 Å². The fourth-order valence-electron chi connectivity index (χ4n) is 3.89. The van der Waals surface area contributed by atoms with E-state index in [1.165, 1.54) is 0 Å². The van der Waals surface area contributed by atoms with Gasteiger partial charge in [-0.3, -0.25) is 9.78 Å². The third-order valence-corrected chi connectivity index (χ3v) is 8.32. The van der Waals surface area contributed by atoms with Crippen LogP contribution in [0, 0.1) is 6.92 Å². The topological polar surface area (TPSA) is 59.1 Å². The standard InChI is InChI=1S/C29H29N2O2PS/c1-20-11-12-25(18-28(20)35-4)29(32)31-19-26-16-24(13-14-30-26)22-8-5-7-21(15-22)23-9-6-10-27(17-23)34(2,3)33/h5-18H,19H2,1-4H3,(H,31,32). The molecule has 35 heavy (non-hydrogen) atoms. The van der Waals surface area contributed by atoms with Crippen LogP contribution in [0.2, 0.25) is 0 Å². The lowest BCUT2D eigenvalue weighted by Gasteiger charge is -2.11. The molecule has 0 spiro atoms. The number of rotatable bonds is 7. The third-order valence-electron chi connectivity index (χ3n) is 5.91. The van der Waals surface area contributed by atoms with Crippen molar-refractivity contribution in [2.24, 2.45) is 0 Å². The summed E-state index contributed by atoms with van der Waals surface area (Å²) in [6.07, 6.45) is 3.78. The van der Waals surface area contributed by atoms with E-state index in [1.54, 1.807) is 31.3 Å². The highest BCUT2D eigenvalue weighted by atomic mass is 32.2. The summed E-state index contributed by atoms with van der Waals surface area (Å²) in [6.45, 7) is 5.97. The zero-order valence-electron chi connectivity index (χ0n) is 20.4. The summed E-state index contributed by atoms with van der Waals surface area (Å²) in [5, 5.41) is 3.86. The first-order chi connectivity index (χ1) is 16.7. The fourth-order valence-corrected chi connectivity index (χ4v) is 5.42. The van der Waals surface area contributed by atoms with E-state index in [1.807, 2.05) is 73.8 Å². The van der Waals surface area contributed by atoms with Crippen LogP contribution in [0.4, 0.5) is 0 Å². The first-order valence-electron chi connectivity index (χ1n) is 11.4. The Morgan fingerprint density at radius 3 is 2.23 bits per heavy atom. The van der Waals surface area contributed by atoms with Crippen molar-refractivity contribution < 1.29 is 9.36 Å². The van der Waals surface area contributed by atoms with Gasteiger partial charge in [0.05, 0.1) is 12.2 Å². The van der Waals surface area contributed by atoms with Crippen molar-refractivity contribution in [1.29, 1.82) is 0 Å². The van der Waals surface area contributed by atoms with Crippen LogP contribution in [0.5, 0.6) is 0 Å². The van der Waals surface area contributed by atoms with Gasteiger partial charge in [0.15, 0.2) is 0 Å². The van der Waals surface area contributed by atoms with Crippen LogP contribution in [0.15, 0.2) is 90.0 Å². The highest BCUT2D eigenvalue weighted by Crippen LogP contribution is 2.36. The predicted molar refractivity (Wildman–Crippen MR) is 148 cm³/mol. The SMILES string of the molecule is CSc1cc(C(=O)NCc2cc(-c3cccc(-c4cccc(P(C)(C)=O)c4)c3)ccn2)ccc1C. The van der Waals surface area contributed by atoms with Gasteiger partial charge in [0.2, 0.25) is 0 Å². The Hall–Kier alpha value is -3.14. The fraction of sp³-hybridized carbons (Fsp3) is 0.172. The lowest BCUT2D eigenvalue weighted by atomic mass is 9.99. The summed E-state index contributed by atoms with van der Waals surface area (Å²) in [5.41, 5.74) is 6.79. The van der Waals surface area contributed by atoms with Crippen LogP contribution in [-0.2, 0) is 11.1 Å². The Kier molecular flexibility index (Phi) is 7.59. The summed E-state index contributed by atoms with van der Waals surface area (Å²) in [5.74, 6) is -0.112. The monoisotopic (exact) mass is 500 g/mol. The quantitative estimate of drug-likeness (QED) is 0.229. The average molecular weight is 501 g/mol. The first-order valence-corrected chi connectivity index (χ1v) is 15.2. The molecule has 0 aliphatic heterocycles. The molecular formula is C29H29N2O2PS. The van der Waals surface area contributed by atoms with Crippen LogP contribution in [0.1, 0.15) is 21.6 Å². The Morgan fingerprint density at radius 1 is 0.886 bits per heavy atom. The molecule has 0 saturated carbocycles. The highest BCUT2D eigenvalue weighted by molar-refractivity contribution is 7.98. The molecule has 0 unspecified atom stereocenters. The molecule has 4 rings (SSSR count). The molecule has 0 fully saturated rings. The highest BCUT2D eigenvalue weighted by Gasteiger charge is 2.12. The molecule has 0 saturated heterocycles. The number of aryl methyl sites for hydroxylation is 1. The molecule has 6 heteroatoms. The molecule has 178 valence electrons. The Balaban J connectivity index is 1.53. The molecular weight excluding hydrogens is 471 g/mol. The van der Waals surface area contributed by atoms with Crippen molar-refractivity contribution in [2.75, 3.05) is 19.6 Å². The second kappa shape index (κ2) is 10.6. The number of carbonyl (C=O) groups is 1. The van der Waals surface area contributed by atoms with E-state index in [9.17, 15) is 9.36 Å². The van der Waals surface area contributed by atoms with E-state index in [0.717, 1.165) is 43.7 Å². The average Bonchev–Trinajstić information content (AvgIpc) is 2.87. The summed E-state index contributed by atoms with van der Waals surface area (Å²) >= 11 is 1.64. The summed E-state index contributed by atoms with van der Waals surface area (Å²) in [4.78, 5) is 18.2. The molecule has 3 aromatic carbocycles. The molecule has 1 N–H and O–H groups in total. The van der Waals surface area contributed by atoms with E-state index in [0.29, 0.717) is 12.1 Å².